The largest absolute Gasteiger partial charge is 0.326 e. The number of anilines is 1. The first-order valence-corrected chi connectivity index (χ1v) is 9.47. The van der Waals surface area contributed by atoms with E-state index in [0.29, 0.717) is 42.6 Å². The quantitative estimate of drug-likeness (QED) is 0.801. The van der Waals surface area contributed by atoms with Gasteiger partial charge in [-0.3, -0.25) is 4.79 Å². The summed E-state index contributed by atoms with van der Waals surface area (Å²) in [5.41, 5.74) is 1.56. The number of carbonyl (C=O) groups is 1. The van der Waals surface area contributed by atoms with Gasteiger partial charge in [0.1, 0.15) is 0 Å². The predicted molar refractivity (Wildman–Crippen MR) is 87.3 cm³/mol. The van der Waals surface area contributed by atoms with Gasteiger partial charge >= 0.3 is 0 Å². The third-order valence-corrected chi connectivity index (χ3v) is 6.83. The van der Waals surface area contributed by atoms with Crippen LogP contribution in [0.3, 0.4) is 0 Å². The van der Waals surface area contributed by atoms with Crippen LogP contribution in [0.15, 0.2) is 21.5 Å². The number of amides is 1. The molecule has 1 aromatic rings. The highest BCUT2D eigenvalue weighted by Crippen LogP contribution is 2.33. The Morgan fingerprint density at radius 2 is 2.09 bits per heavy atom. The lowest BCUT2D eigenvalue weighted by atomic mass is 10.0. The minimum Gasteiger partial charge on any atom is -0.326 e. The summed E-state index contributed by atoms with van der Waals surface area (Å²) in [5.74, 6) is -0.0750. The van der Waals surface area contributed by atoms with Gasteiger partial charge in [0, 0.05) is 42.3 Å². The van der Waals surface area contributed by atoms with Crippen LogP contribution in [0.25, 0.3) is 0 Å². The second-order valence-corrected chi connectivity index (χ2v) is 8.47. The Bertz CT molecular complexity index is 720. The van der Waals surface area contributed by atoms with Gasteiger partial charge in [-0.25, -0.2) is 8.42 Å². The molecule has 0 spiro atoms. The molecule has 1 saturated heterocycles. The van der Waals surface area contributed by atoms with E-state index in [1.54, 1.807) is 12.1 Å². The van der Waals surface area contributed by atoms with Gasteiger partial charge < -0.3 is 10.6 Å². The number of nitrogens with zero attached hydrogens (tertiary/aromatic N) is 1. The van der Waals surface area contributed by atoms with Crippen molar-refractivity contribution in [1.82, 2.24) is 9.62 Å². The first-order chi connectivity index (χ1) is 10.4. The SMILES string of the molecule is CC1CN(S(=O)(=O)c2cc3c(cc2Br)CCC(=O)N3)CCN1. The standard InChI is InChI=1S/C14H18BrN3O3S/c1-9-8-18(5-4-16-9)22(20,21)13-7-12-10(6-11(13)15)2-3-14(19)17-12/h6-7,9,16H,2-5,8H2,1H3,(H,17,19). The van der Waals surface area contributed by atoms with E-state index < -0.39 is 10.0 Å². The van der Waals surface area contributed by atoms with Gasteiger partial charge in [-0.2, -0.15) is 4.31 Å². The number of benzene rings is 1. The summed E-state index contributed by atoms with van der Waals surface area (Å²) in [6, 6.07) is 3.49. The summed E-state index contributed by atoms with van der Waals surface area (Å²) in [4.78, 5) is 11.7. The molecule has 8 heteroatoms. The summed E-state index contributed by atoms with van der Waals surface area (Å²) in [6.07, 6.45) is 1.06. The van der Waals surface area contributed by atoms with Crippen LogP contribution in [0, 0.1) is 0 Å². The van der Waals surface area contributed by atoms with Crippen molar-refractivity contribution < 1.29 is 13.2 Å². The van der Waals surface area contributed by atoms with E-state index in [0.717, 1.165) is 5.56 Å². The predicted octanol–water partition coefficient (Wildman–Crippen LogP) is 1.32. The second kappa shape index (κ2) is 5.92. The molecule has 2 heterocycles. The maximum Gasteiger partial charge on any atom is 0.244 e. The molecule has 0 radical (unpaired) electrons. The molecule has 1 unspecified atom stereocenters. The maximum absolute atomic E-state index is 12.9. The molecule has 2 aliphatic rings. The van der Waals surface area contributed by atoms with E-state index in [4.69, 9.17) is 0 Å². The normalized spacial score (nSPS) is 23.0. The number of piperazine rings is 1. The van der Waals surface area contributed by atoms with Crippen molar-refractivity contribution in [3.63, 3.8) is 0 Å². The molecule has 1 atom stereocenters. The lowest BCUT2D eigenvalue weighted by Crippen LogP contribution is -2.51. The van der Waals surface area contributed by atoms with Gasteiger partial charge in [0.2, 0.25) is 15.9 Å². The van der Waals surface area contributed by atoms with Gasteiger partial charge in [0.05, 0.1) is 4.90 Å². The fourth-order valence-electron chi connectivity index (χ4n) is 2.83. The molecule has 0 bridgehead atoms. The van der Waals surface area contributed by atoms with Gasteiger partial charge in [-0.05, 0) is 47.0 Å². The molecular formula is C14H18BrN3O3S. The highest BCUT2D eigenvalue weighted by Gasteiger charge is 2.31. The molecule has 22 heavy (non-hydrogen) atoms. The van der Waals surface area contributed by atoms with Crippen molar-refractivity contribution >= 4 is 37.5 Å². The molecule has 3 rings (SSSR count). The zero-order chi connectivity index (χ0) is 15.9. The average Bonchev–Trinajstić information content (AvgIpc) is 2.47. The fourth-order valence-corrected chi connectivity index (χ4v) is 5.44. The second-order valence-electron chi connectivity index (χ2n) is 5.71. The lowest BCUT2D eigenvalue weighted by Gasteiger charge is -2.31. The summed E-state index contributed by atoms with van der Waals surface area (Å²) < 4.78 is 27.8. The molecule has 2 aliphatic heterocycles. The Labute approximate surface area is 138 Å². The van der Waals surface area contributed by atoms with E-state index >= 15 is 0 Å². The minimum atomic E-state index is -3.58. The number of fused-ring (bicyclic) bond motifs is 1. The Kier molecular flexibility index (Phi) is 4.28. The molecule has 1 fully saturated rings. The van der Waals surface area contributed by atoms with E-state index in [1.807, 2.05) is 6.92 Å². The molecule has 1 amide bonds. The van der Waals surface area contributed by atoms with Crippen molar-refractivity contribution in [2.24, 2.45) is 0 Å². The van der Waals surface area contributed by atoms with E-state index in [-0.39, 0.29) is 16.8 Å². The Balaban J connectivity index is 2.00. The van der Waals surface area contributed by atoms with Crippen molar-refractivity contribution in [2.75, 3.05) is 25.0 Å². The van der Waals surface area contributed by atoms with Crippen molar-refractivity contribution in [2.45, 2.75) is 30.7 Å². The molecule has 0 aliphatic carbocycles. The molecule has 0 aromatic heterocycles. The summed E-state index contributed by atoms with van der Waals surface area (Å²) >= 11 is 3.37. The third kappa shape index (κ3) is 2.92. The Morgan fingerprint density at radius 1 is 1.32 bits per heavy atom. The summed E-state index contributed by atoms with van der Waals surface area (Å²) in [6.45, 7) is 3.49. The topological polar surface area (TPSA) is 78.5 Å². The highest BCUT2D eigenvalue weighted by molar-refractivity contribution is 9.10. The van der Waals surface area contributed by atoms with Crippen molar-refractivity contribution in [3.05, 3.63) is 22.2 Å². The number of hydrogen-bond acceptors (Lipinski definition) is 4. The van der Waals surface area contributed by atoms with Gasteiger partial charge in [0.15, 0.2) is 0 Å². The monoisotopic (exact) mass is 387 g/mol. The maximum atomic E-state index is 12.9. The van der Waals surface area contributed by atoms with E-state index in [9.17, 15) is 13.2 Å². The molecular weight excluding hydrogens is 370 g/mol. The molecule has 0 saturated carbocycles. The van der Waals surface area contributed by atoms with Crippen LogP contribution in [0.2, 0.25) is 0 Å². The number of aryl methyl sites for hydroxylation is 1. The van der Waals surface area contributed by atoms with Crippen LogP contribution in [-0.2, 0) is 21.2 Å². The van der Waals surface area contributed by atoms with Crippen LogP contribution < -0.4 is 10.6 Å². The number of nitrogens with one attached hydrogen (secondary N) is 2. The van der Waals surface area contributed by atoms with Gasteiger partial charge in [0.25, 0.3) is 0 Å². The van der Waals surface area contributed by atoms with Crippen molar-refractivity contribution in [3.8, 4) is 0 Å². The van der Waals surface area contributed by atoms with E-state index in [1.165, 1.54) is 4.31 Å². The molecule has 120 valence electrons. The smallest absolute Gasteiger partial charge is 0.244 e. The Morgan fingerprint density at radius 3 is 2.82 bits per heavy atom. The van der Waals surface area contributed by atoms with Gasteiger partial charge in [-0.1, -0.05) is 0 Å². The number of halogens is 1. The van der Waals surface area contributed by atoms with Gasteiger partial charge in [-0.15, -0.1) is 0 Å². The Hall–Kier alpha value is -0.960. The lowest BCUT2D eigenvalue weighted by molar-refractivity contribution is -0.116. The number of rotatable bonds is 2. The zero-order valence-corrected chi connectivity index (χ0v) is 14.6. The van der Waals surface area contributed by atoms with Crippen LogP contribution in [0.4, 0.5) is 5.69 Å². The fraction of sp³-hybridized carbons (Fsp3) is 0.500. The molecule has 1 aromatic carbocycles. The van der Waals surface area contributed by atoms with Crippen LogP contribution in [-0.4, -0.2) is 44.3 Å². The summed E-state index contributed by atoms with van der Waals surface area (Å²) in [7, 11) is -3.58. The average molecular weight is 388 g/mol. The first kappa shape index (κ1) is 15.9. The first-order valence-electron chi connectivity index (χ1n) is 7.24. The van der Waals surface area contributed by atoms with E-state index in [2.05, 4.69) is 26.6 Å². The third-order valence-electron chi connectivity index (χ3n) is 4.00. The molecule has 2 N–H and O–H groups in total. The van der Waals surface area contributed by atoms with Crippen molar-refractivity contribution in [1.29, 1.82) is 0 Å². The molecule has 6 nitrogen and oxygen atoms in total. The number of carbonyl (C=O) groups excluding carboxylic acids is 1. The van der Waals surface area contributed by atoms with Crippen LogP contribution in [0.1, 0.15) is 18.9 Å². The minimum absolute atomic E-state index is 0.0750. The van der Waals surface area contributed by atoms with Crippen LogP contribution >= 0.6 is 15.9 Å². The number of hydrogen-bond donors (Lipinski definition) is 2. The zero-order valence-electron chi connectivity index (χ0n) is 12.2. The highest BCUT2D eigenvalue weighted by atomic mass is 79.9. The van der Waals surface area contributed by atoms with Crippen LogP contribution in [0.5, 0.6) is 0 Å². The number of sulfonamides is 1. The summed E-state index contributed by atoms with van der Waals surface area (Å²) in [5, 5.41) is 5.99.